The first kappa shape index (κ1) is 29.6. The van der Waals surface area contributed by atoms with Gasteiger partial charge in [0.2, 0.25) is 0 Å². The molecule has 1 aromatic heterocycles. The number of thiazole rings is 1. The minimum absolute atomic E-state index is 0.0399. The first-order valence-electron chi connectivity index (χ1n) is 13.0. The lowest BCUT2D eigenvalue weighted by molar-refractivity contribution is -0.139. The largest absolute Gasteiger partial charge is 0.493 e. The van der Waals surface area contributed by atoms with E-state index in [1.54, 1.807) is 43.7 Å². The fourth-order valence-corrected chi connectivity index (χ4v) is 5.86. The molecule has 1 aliphatic heterocycles. The Balaban J connectivity index is 1.95. The van der Waals surface area contributed by atoms with E-state index in [4.69, 9.17) is 18.9 Å². The number of fused-ring (bicyclic) bond motifs is 1. The first-order valence-corrected chi connectivity index (χ1v) is 14.6. The number of allylic oxidation sites excluding steroid dienone is 1. The summed E-state index contributed by atoms with van der Waals surface area (Å²) in [6, 6.07) is 10.3. The molecule has 212 valence electrons. The van der Waals surface area contributed by atoms with Gasteiger partial charge in [0, 0.05) is 10.0 Å². The fraction of sp³-hybridized carbons (Fsp3) is 0.367. The molecule has 8 nitrogen and oxygen atoms in total. The van der Waals surface area contributed by atoms with Gasteiger partial charge in [0.25, 0.3) is 5.56 Å². The average Bonchev–Trinajstić information content (AvgIpc) is 3.18. The molecular formula is C30H33BrN2O6S. The highest BCUT2D eigenvalue weighted by Gasteiger charge is 2.34. The van der Waals surface area contributed by atoms with Crippen LogP contribution in [0, 0.1) is 0 Å². The third kappa shape index (κ3) is 6.18. The molecule has 3 aromatic rings. The topological polar surface area (TPSA) is 88.4 Å². The number of benzene rings is 2. The number of esters is 1. The zero-order valence-electron chi connectivity index (χ0n) is 23.6. The number of carbonyl (C=O) groups is 1. The normalized spacial score (nSPS) is 15.2. The lowest BCUT2D eigenvalue weighted by Gasteiger charge is -2.25. The van der Waals surface area contributed by atoms with E-state index in [0.29, 0.717) is 43.4 Å². The molecule has 0 N–H and O–H groups in total. The van der Waals surface area contributed by atoms with Gasteiger partial charge in [0.15, 0.2) is 16.3 Å². The van der Waals surface area contributed by atoms with Gasteiger partial charge >= 0.3 is 5.97 Å². The number of rotatable bonds is 9. The van der Waals surface area contributed by atoms with Crippen molar-refractivity contribution in [3.8, 4) is 17.2 Å². The summed E-state index contributed by atoms with van der Waals surface area (Å²) in [6.45, 7) is 11.5. The Bertz CT molecular complexity index is 1640. The van der Waals surface area contributed by atoms with Crippen LogP contribution >= 0.6 is 27.3 Å². The highest BCUT2D eigenvalue weighted by Crippen LogP contribution is 2.36. The van der Waals surface area contributed by atoms with Gasteiger partial charge in [-0.15, -0.1) is 0 Å². The summed E-state index contributed by atoms with van der Waals surface area (Å²) in [4.78, 5) is 32.4. The second-order valence-electron chi connectivity index (χ2n) is 9.73. The number of carbonyl (C=O) groups excluding carboxylic acids is 1. The minimum atomic E-state index is -0.770. The maximum Gasteiger partial charge on any atom is 0.338 e. The maximum absolute atomic E-state index is 14.0. The van der Waals surface area contributed by atoms with Crippen LogP contribution in [0.25, 0.3) is 6.08 Å². The number of ether oxygens (including phenoxy) is 4. The van der Waals surface area contributed by atoms with Crippen LogP contribution in [-0.2, 0) is 9.53 Å². The molecule has 0 amide bonds. The van der Waals surface area contributed by atoms with Crippen LogP contribution in [0.3, 0.4) is 0 Å². The van der Waals surface area contributed by atoms with Crippen molar-refractivity contribution in [3.63, 3.8) is 0 Å². The number of halogens is 1. The van der Waals surface area contributed by atoms with Crippen molar-refractivity contribution in [2.75, 3.05) is 13.7 Å². The Hall–Kier alpha value is -3.37. The Morgan fingerprint density at radius 1 is 1.07 bits per heavy atom. The van der Waals surface area contributed by atoms with E-state index in [9.17, 15) is 9.59 Å². The van der Waals surface area contributed by atoms with E-state index >= 15 is 0 Å². The second kappa shape index (κ2) is 12.4. The summed E-state index contributed by atoms with van der Waals surface area (Å²) in [5.41, 5.74) is 1.93. The van der Waals surface area contributed by atoms with Gasteiger partial charge in [-0.2, -0.15) is 0 Å². The molecule has 2 heterocycles. The van der Waals surface area contributed by atoms with Crippen molar-refractivity contribution in [2.45, 2.75) is 59.8 Å². The SMILES string of the molecule is CCOC(=O)C1=C(C)N=c2s/c(=C/c3cc(Br)ccc3OC(C)C)c(=O)n2[C@@H]1c1ccc(OC(C)C)c(OC)c1. The number of nitrogens with zero attached hydrogens (tertiary/aromatic N) is 2. The summed E-state index contributed by atoms with van der Waals surface area (Å²) < 4.78 is 25.8. The molecule has 0 bridgehead atoms. The molecule has 0 saturated carbocycles. The number of aromatic nitrogens is 1. The molecule has 1 atom stereocenters. The van der Waals surface area contributed by atoms with Gasteiger partial charge in [0.05, 0.1) is 47.8 Å². The van der Waals surface area contributed by atoms with Crippen LogP contribution < -0.4 is 29.1 Å². The number of methoxy groups -OCH3 is 1. The highest BCUT2D eigenvalue weighted by atomic mass is 79.9. The van der Waals surface area contributed by atoms with Crippen LogP contribution in [0.2, 0.25) is 0 Å². The van der Waals surface area contributed by atoms with E-state index in [2.05, 4.69) is 20.9 Å². The van der Waals surface area contributed by atoms with Crippen LogP contribution in [-0.4, -0.2) is 36.5 Å². The molecule has 0 radical (unpaired) electrons. The summed E-state index contributed by atoms with van der Waals surface area (Å²) in [7, 11) is 1.56. The van der Waals surface area contributed by atoms with Crippen LogP contribution in [0.1, 0.15) is 58.7 Å². The standard InChI is InChI=1S/C30H33BrN2O6S/c1-8-37-29(35)26-18(6)32-30-33(27(26)19-9-11-23(39-17(4)5)24(14-19)36-7)28(34)25(40-30)15-20-13-21(31)10-12-22(20)38-16(2)3/h9-17,27H,8H2,1-7H3/b25-15+/t27-/m1/s1. The van der Waals surface area contributed by atoms with Crippen LogP contribution in [0.5, 0.6) is 17.2 Å². The summed E-state index contributed by atoms with van der Waals surface area (Å²) in [5, 5.41) is 0. The van der Waals surface area contributed by atoms with Gasteiger partial charge in [0.1, 0.15) is 5.75 Å². The van der Waals surface area contributed by atoms with Gasteiger partial charge < -0.3 is 18.9 Å². The van der Waals surface area contributed by atoms with Crippen molar-refractivity contribution in [2.24, 2.45) is 4.99 Å². The highest BCUT2D eigenvalue weighted by molar-refractivity contribution is 9.10. The molecule has 2 aromatic carbocycles. The molecule has 10 heteroatoms. The van der Waals surface area contributed by atoms with E-state index < -0.39 is 12.0 Å². The summed E-state index contributed by atoms with van der Waals surface area (Å²) in [6.07, 6.45) is 1.70. The maximum atomic E-state index is 14.0. The number of hydrogen-bond acceptors (Lipinski definition) is 8. The van der Waals surface area contributed by atoms with E-state index in [-0.39, 0.29) is 24.4 Å². The van der Waals surface area contributed by atoms with Gasteiger partial charge in [-0.25, -0.2) is 9.79 Å². The smallest absolute Gasteiger partial charge is 0.338 e. The van der Waals surface area contributed by atoms with Crippen LogP contribution in [0.4, 0.5) is 0 Å². The predicted molar refractivity (Wildman–Crippen MR) is 159 cm³/mol. The predicted octanol–water partition coefficient (Wildman–Crippen LogP) is 5.14. The van der Waals surface area contributed by atoms with Gasteiger partial charge in [-0.05, 0) is 83.5 Å². The zero-order chi connectivity index (χ0) is 29.1. The Morgan fingerprint density at radius 3 is 2.40 bits per heavy atom. The Labute approximate surface area is 245 Å². The molecule has 1 aliphatic rings. The third-order valence-corrected chi connectivity index (χ3v) is 7.48. The van der Waals surface area contributed by atoms with Crippen LogP contribution in [0.15, 0.2) is 61.9 Å². The molecule has 0 spiro atoms. The average molecular weight is 630 g/mol. The lowest BCUT2D eigenvalue weighted by Crippen LogP contribution is -2.40. The molecule has 0 fully saturated rings. The first-order chi connectivity index (χ1) is 19.0. The number of hydrogen-bond donors (Lipinski definition) is 0. The Morgan fingerprint density at radius 2 is 1.75 bits per heavy atom. The molecule has 0 aliphatic carbocycles. The van der Waals surface area contributed by atoms with Crippen molar-refractivity contribution in [3.05, 3.63) is 83.0 Å². The fourth-order valence-electron chi connectivity index (χ4n) is 4.45. The minimum Gasteiger partial charge on any atom is -0.493 e. The lowest BCUT2D eigenvalue weighted by atomic mass is 9.95. The monoisotopic (exact) mass is 628 g/mol. The van der Waals surface area contributed by atoms with Gasteiger partial charge in [-0.1, -0.05) is 33.3 Å². The quantitative estimate of drug-likeness (QED) is 0.305. The third-order valence-electron chi connectivity index (χ3n) is 6.00. The summed E-state index contributed by atoms with van der Waals surface area (Å²) >= 11 is 4.77. The van der Waals surface area contributed by atoms with Crippen molar-refractivity contribution in [1.29, 1.82) is 0 Å². The van der Waals surface area contributed by atoms with Gasteiger partial charge in [-0.3, -0.25) is 9.36 Å². The van der Waals surface area contributed by atoms with E-state index in [1.807, 2.05) is 52.0 Å². The van der Waals surface area contributed by atoms with Crippen molar-refractivity contribution < 1.29 is 23.7 Å². The molecule has 4 rings (SSSR count). The molecule has 0 saturated heterocycles. The van der Waals surface area contributed by atoms with E-state index in [0.717, 1.165) is 10.0 Å². The second-order valence-corrected chi connectivity index (χ2v) is 11.7. The van der Waals surface area contributed by atoms with Crippen molar-refractivity contribution >= 4 is 39.3 Å². The van der Waals surface area contributed by atoms with E-state index in [1.165, 1.54) is 11.3 Å². The molecule has 40 heavy (non-hydrogen) atoms. The Kier molecular flexibility index (Phi) is 9.20. The summed E-state index contributed by atoms with van der Waals surface area (Å²) in [5.74, 6) is 1.20. The molecular weight excluding hydrogens is 596 g/mol. The zero-order valence-corrected chi connectivity index (χ0v) is 26.0. The van der Waals surface area contributed by atoms with Crippen molar-refractivity contribution in [1.82, 2.24) is 4.57 Å². The molecule has 0 unspecified atom stereocenters.